The molecule has 1 saturated carbocycles. The minimum absolute atomic E-state index is 0. The van der Waals surface area contributed by atoms with Gasteiger partial charge in [-0.05, 0) is 54.5 Å². The Balaban J connectivity index is -0.000000971. The number of hydrogen-bond donors (Lipinski definition) is 1. The first-order valence-corrected chi connectivity index (χ1v) is 11.1. The second-order valence-corrected chi connectivity index (χ2v) is 6.20. The number of benzene rings is 1. The molecule has 1 amide bonds. The number of aldehydes is 1. The largest absolute Gasteiger partial charge is 0.350 e. The highest BCUT2D eigenvalue weighted by Crippen LogP contribution is 2.28. The van der Waals surface area contributed by atoms with Crippen LogP contribution < -0.4 is 5.32 Å². The van der Waals surface area contributed by atoms with Crippen LogP contribution in [0.3, 0.4) is 0 Å². The Morgan fingerprint density at radius 1 is 1.13 bits per heavy atom. The highest BCUT2D eigenvalue weighted by atomic mass is 16.1. The van der Waals surface area contributed by atoms with E-state index in [-0.39, 0.29) is 14.8 Å². The van der Waals surface area contributed by atoms with Gasteiger partial charge in [-0.3, -0.25) is 14.6 Å². The number of nitrogens with one attached hydrogen (secondary N) is 1. The summed E-state index contributed by atoms with van der Waals surface area (Å²) < 4.78 is 0. The molecule has 4 nitrogen and oxygen atoms in total. The van der Waals surface area contributed by atoms with Crippen molar-refractivity contribution in [1.29, 1.82) is 0 Å². The minimum atomic E-state index is -0.151. The molecule has 0 radical (unpaired) electrons. The van der Waals surface area contributed by atoms with E-state index in [1.54, 1.807) is 18.3 Å². The molecule has 1 aromatic carbocycles. The minimum Gasteiger partial charge on any atom is -0.350 e. The summed E-state index contributed by atoms with van der Waals surface area (Å²) in [5, 5.41) is 2.90. The van der Waals surface area contributed by atoms with Crippen LogP contribution in [-0.2, 0) is 0 Å². The monoisotopic (exact) mass is 428 g/mol. The summed E-state index contributed by atoms with van der Waals surface area (Å²) in [6, 6.07) is 7.29. The lowest BCUT2D eigenvalue weighted by Crippen LogP contribution is -2.26. The lowest BCUT2D eigenvalue weighted by Gasteiger charge is -2.10. The molecule has 0 bridgehead atoms. The molecule has 0 aliphatic heterocycles. The highest BCUT2D eigenvalue weighted by molar-refractivity contribution is 5.93. The lowest BCUT2D eigenvalue weighted by molar-refractivity contribution is 0.0946. The molecule has 1 N–H and O–H groups in total. The van der Waals surface area contributed by atoms with Gasteiger partial charge in [-0.15, -0.1) is 0 Å². The Kier molecular flexibility index (Phi) is 16.7. The van der Waals surface area contributed by atoms with Crippen molar-refractivity contribution in [2.24, 2.45) is 5.92 Å². The Bertz CT molecular complexity index is 798. The van der Waals surface area contributed by atoms with Gasteiger partial charge in [0, 0.05) is 25.3 Å². The normalized spacial score (nSPS) is 10.9. The zero-order chi connectivity index (χ0) is 23.1. The molecule has 1 aromatic heterocycles. The van der Waals surface area contributed by atoms with E-state index < -0.39 is 0 Å². The maximum absolute atomic E-state index is 12.0. The van der Waals surface area contributed by atoms with Crippen LogP contribution in [0.1, 0.15) is 95.2 Å². The molecule has 0 atom stereocenters. The van der Waals surface area contributed by atoms with Gasteiger partial charge in [-0.25, -0.2) is 0 Å². The number of carbonyl (C=O) groups is 2. The van der Waals surface area contributed by atoms with E-state index in [2.05, 4.69) is 16.9 Å². The van der Waals surface area contributed by atoms with Gasteiger partial charge in [0.15, 0.2) is 6.29 Å². The number of nitrogens with zero attached hydrogens (tertiary/aromatic N) is 1. The summed E-state index contributed by atoms with van der Waals surface area (Å²) in [6.45, 7) is 18.5. The standard InChI is InChI=1S/C20H20N2O2.3C2H6.CH4.H2/c1-3-15-9-17(12-23)18(8-13(15)2)16-6-7-19(21-11-16)20(24)22-10-14-4-5-14;3*1-2;;/h3,6-9,11-12,14H,1,4-5,10H2,2H3,(H,22,24);3*1-2H3;1H4;1H. The smallest absolute Gasteiger partial charge is 0.269 e. The van der Waals surface area contributed by atoms with Crippen molar-refractivity contribution in [2.75, 3.05) is 6.54 Å². The summed E-state index contributed by atoms with van der Waals surface area (Å²) in [7, 11) is 0. The molecule has 0 spiro atoms. The molecular weight excluding hydrogens is 384 g/mol. The van der Waals surface area contributed by atoms with Crippen LogP contribution in [0.4, 0.5) is 0 Å². The van der Waals surface area contributed by atoms with E-state index in [1.807, 2.05) is 66.7 Å². The highest BCUT2D eigenvalue weighted by Gasteiger charge is 2.22. The van der Waals surface area contributed by atoms with Crippen LogP contribution in [0.15, 0.2) is 37.0 Å². The molecule has 0 unspecified atom stereocenters. The van der Waals surface area contributed by atoms with Crippen molar-refractivity contribution in [3.05, 3.63) is 59.4 Å². The summed E-state index contributed by atoms with van der Waals surface area (Å²) >= 11 is 0. The summed E-state index contributed by atoms with van der Waals surface area (Å²) in [5.74, 6) is 0.483. The first-order valence-electron chi connectivity index (χ1n) is 11.1. The molecule has 1 fully saturated rings. The first-order chi connectivity index (χ1) is 14.6. The number of aromatic nitrogens is 1. The van der Waals surface area contributed by atoms with Crippen LogP contribution in [0.5, 0.6) is 0 Å². The average Bonchev–Trinajstić information content (AvgIpc) is 3.66. The molecule has 174 valence electrons. The van der Waals surface area contributed by atoms with Crippen LogP contribution >= 0.6 is 0 Å². The Labute approximate surface area is 191 Å². The molecule has 2 aromatic rings. The number of hydrogen-bond acceptors (Lipinski definition) is 3. The van der Waals surface area contributed by atoms with Gasteiger partial charge in [-0.2, -0.15) is 0 Å². The zero-order valence-electron chi connectivity index (χ0n) is 19.7. The van der Waals surface area contributed by atoms with Crippen LogP contribution in [0.25, 0.3) is 17.2 Å². The quantitative estimate of drug-likeness (QED) is 0.481. The van der Waals surface area contributed by atoms with Crippen molar-refractivity contribution in [1.82, 2.24) is 10.3 Å². The topological polar surface area (TPSA) is 59.1 Å². The first kappa shape index (κ1) is 30.4. The van der Waals surface area contributed by atoms with Gasteiger partial charge in [0.1, 0.15) is 5.69 Å². The number of carbonyl (C=O) groups excluding carboxylic acids is 2. The summed E-state index contributed by atoms with van der Waals surface area (Å²) in [5.41, 5.74) is 4.58. The lowest BCUT2D eigenvalue weighted by atomic mass is 9.95. The predicted octanol–water partition coefficient (Wildman–Crippen LogP) is 7.61. The molecule has 1 aliphatic carbocycles. The Morgan fingerprint density at radius 3 is 2.19 bits per heavy atom. The molecule has 3 rings (SSSR count). The van der Waals surface area contributed by atoms with Crippen LogP contribution in [-0.4, -0.2) is 23.7 Å². The third kappa shape index (κ3) is 9.29. The fraction of sp³-hybridized carbons (Fsp3) is 0.444. The second-order valence-electron chi connectivity index (χ2n) is 6.20. The van der Waals surface area contributed by atoms with Crippen LogP contribution in [0, 0.1) is 12.8 Å². The molecule has 1 heterocycles. The van der Waals surface area contributed by atoms with E-state index in [0.29, 0.717) is 17.2 Å². The van der Waals surface area contributed by atoms with E-state index in [1.165, 1.54) is 12.8 Å². The predicted molar refractivity (Wildman–Crippen MR) is 138 cm³/mol. The van der Waals surface area contributed by atoms with Crippen LogP contribution in [0.2, 0.25) is 0 Å². The van der Waals surface area contributed by atoms with E-state index in [4.69, 9.17) is 0 Å². The number of aryl methyl sites for hydroxylation is 1. The maximum Gasteiger partial charge on any atom is 0.269 e. The van der Waals surface area contributed by atoms with Gasteiger partial charge < -0.3 is 5.32 Å². The molecular formula is C27H44N2O2. The molecule has 4 heteroatoms. The van der Waals surface area contributed by atoms with Crippen molar-refractivity contribution in [2.45, 2.75) is 68.7 Å². The van der Waals surface area contributed by atoms with Crippen molar-refractivity contribution in [3.8, 4) is 11.1 Å². The molecule has 0 saturated heterocycles. The third-order valence-electron chi connectivity index (χ3n) is 4.34. The Hall–Kier alpha value is -2.75. The average molecular weight is 429 g/mol. The molecule has 31 heavy (non-hydrogen) atoms. The SMILES string of the molecule is C.C=Cc1cc(C=O)c(-c2ccc(C(=O)NCC3CC3)nc2)cc1C.CC.CC.CC.[HH]. The van der Waals surface area contributed by atoms with Gasteiger partial charge in [0.25, 0.3) is 5.91 Å². The van der Waals surface area contributed by atoms with E-state index in [0.717, 1.165) is 35.1 Å². The van der Waals surface area contributed by atoms with E-state index >= 15 is 0 Å². The van der Waals surface area contributed by atoms with Gasteiger partial charge in [0.2, 0.25) is 0 Å². The van der Waals surface area contributed by atoms with E-state index in [9.17, 15) is 9.59 Å². The van der Waals surface area contributed by atoms with Crippen molar-refractivity contribution >= 4 is 18.3 Å². The number of amides is 1. The van der Waals surface area contributed by atoms with Gasteiger partial charge >= 0.3 is 0 Å². The second kappa shape index (κ2) is 17.0. The fourth-order valence-electron chi connectivity index (χ4n) is 2.65. The van der Waals surface area contributed by atoms with Gasteiger partial charge in [-0.1, -0.05) is 73.8 Å². The maximum atomic E-state index is 12.0. The third-order valence-corrected chi connectivity index (χ3v) is 4.34. The van der Waals surface area contributed by atoms with Crippen molar-refractivity contribution in [3.63, 3.8) is 0 Å². The Morgan fingerprint density at radius 2 is 1.74 bits per heavy atom. The van der Waals surface area contributed by atoms with Crippen molar-refractivity contribution < 1.29 is 11.0 Å². The number of rotatable bonds is 6. The van der Waals surface area contributed by atoms with Gasteiger partial charge in [0.05, 0.1) is 0 Å². The number of pyridine rings is 1. The zero-order valence-corrected chi connectivity index (χ0v) is 19.7. The summed E-state index contributed by atoms with van der Waals surface area (Å²) in [6.07, 6.45) is 6.60. The summed E-state index contributed by atoms with van der Waals surface area (Å²) in [4.78, 5) is 27.7. The fourth-order valence-corrected chi connectivity index (χ4v) is 2.65. The molecule has 1 aliphatic rings.